The Morgan fingerprint density at radius 2 is 2.04 bits per heavy atom. The molecule has 1 fully saturated rings. The second kappa shape index (κ2) is 7.46. The van der Waals surface area contributed by atoms with Gasteiger partial charge in [0.15, 0.2) is 0 Å². The fraction of sp³-hybridized carbons (Fsp3) is 0.250. The Morgan fingerprint density at radius 3 is 2.78 bits per heavy atom. The van der Waals surface area contributed by atoms with Gasteiger partial charge in [-0.1, -0.05) is 17.7 Å². The van der Waals surface area contributed by atoms with Crippen molar-refractivity contribution < 1.29 is 13.9 Å². The average molecular weight is 405 g/mol. The van der Waals surface area contributed by atoms with Gasteiger partial charge in [-0.05, 0) is 42.8 Å². The second-order valence-corrected chi connectivity index (χ2v) is 7.87. The Balaban J connectivity index is 1.68. The maximum absolute atomic E-state index is 14.1. The number of carbonyl (C=O) groups excluding carboxylic acids is 1. The first-order chi connectivity index (χ1) is 13.0. The van der Waals surface area contributed by atoms with Crippen LogP contribution in [0.4, 0.5) is 15.8 Å². The zero-order chi connectivity index (χ0) is 19.0. The summed E-state index contributed by atoms with van der Waals surface area (Å²) in [6.07, 6.45) is 0. The first kappa shape index (κ1) is 18.2. The van der Waals surface area contributed by atoms with Gasteiger partial charge in [0.2, 0.25) is 0 Å². The molecule has 2 heterocycles. The molecular formula is C20H18ClFN2O2S. The summed E-state index contributed by atoms with van der Waals surface area (Å²) >= 11 is 7.45. The van der Waals surface area contributed by atoms with Crippen LogP contribution in [-0.2, 0) is 4.74 Å². The number of benzene rings is 2. The highest BCUT2D eigenvalue weighted by atomic mass is 35.5. The van der Waals surface area contributed by atoms with E-state index in [4.69, 9.17) is 16.3 Å². The minimum atomic E-state index is -0.308. The van der Waals surface area contributed by atoms with Crippen LogP contribution in [0.5, 0.6) is 0 Å². The largest absolute Gasteiger partial charge is 0.378 e. The number of nitrogens with zero attached hydrogens (tertiary/aromatic N) is 1. The van der Waals surface area contributed by atoms with Gasteiger partial charge in [0.1, 0.15) is 5.82 Å². The standard InChI is InChI=1S/C20H18ClFN2O2S/c1-12-18-14(22)3-2-4-17(18)27-19(12)20(25)23-15-11-13(21)5-6-16(15)24-7-9-26-10-8-24/h2-6,11H,7-10H2,1H3,(H,23,25). The molecule has 4 nitrogen and oxygen atoms in total. The molecule has 1 amide bonds. The quantitative estimate of drug-likeness (QED) is 0.661. The molecule has 140 valence electrons. The molecular weight excluding hydrogens is 387 g/mol. The van der Waals surface area contributed by atoms with E-state index in [0.717, 1.165) is 23.5 Å². The summed E-state index contributed by atoms with van der Waals surface area (Å²) in [6, 6.07) is 10.3. The van der Waals surface area contributed by atoms with Crippen molar-refractivity contribution in [1.29, 1.82) is 0 Å². The topological polar surface area (TPSA) is 41.6 Å². The number of halogens is 2. The molecule has 0 radical (unpaired) electrons. The first-order valence-corrected chi connectivity index (χ1v) is 9.85. The zero-order valence-electron chi connectivity index (χ0n) is 14.7. The molecule has 1 aromatic heterocycles. The first-order valence-electron chi connectivity index (χ1n) is 8.66. The lowest BCUT2D eigenvalue weighted by Crippen LogP contribution is -2.36. The second-order valence-electron chi connectivity index (χ2n) is 6.38. The molecule has 1 N–H and O–H groups in total. The highest BCUT2D eigenvalue weighted by molar-refractivity contribution is 7.21. The average Bonchev–Trinajstić information content (AvgIpc) is 3.01. The van der Waals surface area contributed by atoms with Crippen molar-refractivity contribution in [1.82, 2.24) is 0 Å². The number of amides is 1. The summed E-state index contributed by atoms with van der Waals surface area (Å²) in [5.41, 5.74) is 2.20. The predicted octanol–water partition coefficient (Wildman–Crippen LogP) is 5.09. The molecule has 0 aliphatic carbocycles. The normalized spacial score (nSPS) is 14.6. The third-order valence-electron chi connectivity index (χ3n) is 4.67. The molecule has 1 aliphatic rings. The van der Waals surface area contributed by atoms with Crippen molar-refractivity contribution in [3.05, 3.63) is 57.7 Å². The zero-order valence-corrected chi connectivity index (χ0v) is 16.3. The van der Waals surface area contributed by atoms with Crippen molar-refractivity contribution in [2.75, 3.05) is 36.5 Å². The Hall–Kier alpha value is -2.15. The van der Waals surface area contributed by atoms with Crippen molar-refractivity contribution in [3.8, 4) is 0 Å². The van der Waals surface area contributed by atoms with Crippen molar-refractivity contribution in [3.63, 3.8) is 0 Å². The lowest BCUT2D eigenvalue weighted by atomic mass is 10.1. The summed E-state index contributed by atoms with van der Waals surface area (Å²) < 4.78 is 20.3. The lowest BCUT2D eigenvalue weighted by molar-refractivity contribution is 0.103. The summed E-state index contributed by atoms with van der Waals surface area (Å²) in [6.45, 7) is 4.56. The third-order valence-corrected chi connectivity index (χ3v) is 6.16. The number of thiophene rings is 1. The number of nitrogens with one attached hydrogen (secondary N) is 1. The predicted molar refractivity (Wildman–Crippen MR) is 109 cm³/mol. The summed E-state index contributed by atoms with van der Waals surface area (Å²) in [5, 5.41) is 4.02. The monoisotopic (exact) mass is 404 g/mol. The van der Waals surface area contributed by atoms with E-state index >= 15 is 0 Å². The number of aryl methyl sites for hydroxylation is 1. The van der Waals surface area contributed by atoms with Crippen LogP contribution in [0.2, 0.25) is 5.02 Å². The van der Waals surface area contributed by atoms with Gasteiger partial charge in [0.25, 0.3) is 5.91 Å². The number of hydrogen-bond donors (Lipinski definition) is 1. The number of hydrogen-bond acceptors (Lipinski definition) is 4. The minimum absolute atomic E-state index is 0.259. The fourth-order valence-electron chi connectivity index (χ4n) is 3.34. The van der Waals surface area contributed by atoms with Gasteiger partial charge < -0.3 is 15.0 Å². The van der Waals surface area contributed by atoms with E-state index in [1.165, 1.54) is 17.4 Å². The number of anilines is 2. The SMILES string of the molecule is Cc1c(C(=O)Nc2cc(Cl)ccc2N2CCOCC2)sc2cccc(F)c12. The van der Waals surface area contributed by atoms with Crippen LogP contribution in [0.15, 0.2) is 36.4 Å². The van der Waals surface area contributed by atoms with E-state index in [2.05, 4.69) is 10.2 Å². The lowest BCUT2D eigenvalue weighted by Gasteiger charge is -2.30. The summed E-state index contributed by atoms with van der Waals surface area (Å²) in [7, 11) is 0. The molecule has 2 aromatic carbocycles. The van der Waals surface area contributed by atoms with Crippen LogP contribution < -0.4 is 10.2 Å². The van der Waals surface area contributed by atoms with Crippen LogP contribution in [0, 0.1) is 12.7 Å². The van der Waals surface area contributed by atoms with Gasteiger partial charge in [-0.25, -0.2) is 4.39 Å². The molecule has 4 rings (SSSR count). The van der Waals surface area contributed by atoms with E-state index < -0.39 is 0 Å². The maximum atomic E-state index is 14.1. The molecule has 0 bridgehead atoms. The number of carbonyl (C=O) groups is 1. The van der Waals surface area contributed by atoms with Crippen molar-refractivity contribution >= 4 is 50.3 Å². The van der Waals surface area contributed by atoms with Crippen molar-refractivity contribution in [2.45, 2.75) is 6.92 Å². The van der Waals surface area contributed by atoms with Gasteiger partial charge in [0, 0.05) is 28.2 Å². The molecule has 27 heavy (non-hydrogen) atoms. The highest BCUT2D eigenvalue weighted by Crippen LogP contribution is 2.35. The van der Waals surface area contributed by atoms with Gasteiger partial charge in [0.05, 0.1) is 29.5 Å². The number of ether oxygens (including phenoxy) is 1. The van der Waals surface area contributed by atoms with Crippen LogP contribution >= 0.6 is 22.9 Å². The van der Waals surface area contributed by atoms with Gasteiger partial charge in [-0.3, -0.25) is 4.79 Å². The van der Waals surface area contributed by atoms with Gasteiger partial charge in [-0.15, -0.1) is 11.3 Å². The molecule has 0 saturated carbocycles. The van der Waals surface area contributed by atoms with E-state index in [0.29, 0.717) is 39.8 Å². The Kier molecular flexibility index (Phi) is 5.04. The maximum Gasteiger partial charge on any atom is 0.266 e. The molecule has 0 atom stereocenters. The van der Waals surface area contributed by atoms with Crippen LogP contribution in [0.3, 0.4) is 0 Å². The number of fused-ring (bicyclic) bond motifs is 1. The van der Waals surface area contributed by atoms with Crippen LogP contribution in [0.25, 0.3) is 10.1 Å². The number of rotatable bonds is 3. The van der Waals surface area contributed by atoms with Crippen molar-refractivity contribution in [2.24, 2.45) is 0 Å². The van der Waals surface area contributed by atoms with E-state index in [1.54, 1.807) is 19.1 Å². The van der Waals surface area contributed by atoms with E-state index in [-0.39, 0.29) is 11.7 Å². The van der Waals surface area contributed by atoms with Gasteiger partial charge >= 0.3 is 0 Å². The Bertz CT molecular complexity index is 1010. The van der Waals surface area contributed by atoms with Crippen LogP contribution in [0.1, 0.15) is 15.2 Å². The number of morpholine rings is 1. The highest BCUT2D eigenvalue weighted by Gasteiger charge is 2.21. The summed E-state index contributed by atoms with van der Waals surface area (Å²) in [4.78, 5) is 15.6. The smallest absolute Gasteiger partial charge is 0.266 e. The minimum Gasteiger partial charge on any atom is -0.378 e. The van der Waals surface area contributed by atoms with Gasteiger partial charge in [-0.2, -0.15) is 0 Å². The Labute approximate surface area is 165 Å². The Morgan fingerprint density at radius 1 is 1.26 bits per heavy atom. The molecule has 0 spiro atoms. The van der Waals surface area contributed by atoms with Crippen LogP contribution in [-0.4, -0.2) is 32.2 Å². The molecule has 7 heteroatoms. The summed E-state index contributed by atoms with van der Waals surface area (Å²) in [5.74, 6) is -0.568. The molecule has 3 aromatic rings. The molecule has 0 unspecified atom stereocenters. The molecule has 1 saturated heterocycles. The third kappa shape index (κ3) is 3.52. The molecule has 1 aliphatic heterocycles. The fourth-order valence-corrected chi connectivity index (χ4v) is 4.63. The van der Waals surface area contributed by atoms with E-state index in [9.17, 15) is 9.18 Å². The van der Waals surface area contributed by atoms with E-state index in [1.807, 2.05) is 18.2 Å².